The summed E-state index contributed by atoms with van der Waals surface area (Å²) < 4.78 is 15.9. The summed E-state index contributed by atoms with van der Waals surface area (Å²) in [4.78, 5) is 19.1. The maximum Gasteiger partial charge on any atom is 0.230 e. The quantitative estimate of drug-likeness (QED) is 0.782. The highest BCUT2D eigenvalue weighted by molar-refractivity contribution is 7.15. The van der Waals surface area contributed by atoms with Crippen molar-refractivity contribution >= 4 is 27.9 Å². The summed E-state index contributed by atoms with van der Waals surface area (Å²) in [5.41, 5.74) is 1.93. The zero-order chi connectivity index (χ0) is 16.4. The van der Waals surface area contributed by atoms with Crippen LogP contribution in [0, 0.1) is 5.82 Å². The third kappa shape index (κ3) is 3.57. The lowest BCUT2D eigenvalue weighted by Gasteiger charge is -2.12. The Kier molecular flexibility index (Phi) is 4.40. The van der Waals surface area contributed by atoms with E-state index in [0.29, 0.717) is 17.8 Å². The van der Waals surface area contributed by atoms with Gasteiger partial charge in [0.25, 0.3) is 0 Å². The second kappa shape index (κ2) is 6.47. The molecule has 3 rings (SSSR count). The SMILES string of the molecule is CN(C)Cc1ccc(NC(=O)Cc2csc3nccn23)cc1F. The van der Waals surface area contributed by atoms with Crippen molar-refractivity contribution in [2.24, 2.45) is 0 Å². The molecule has 0 saturated carbocycles. The second-order valence-corrected chi connectivity index (χ2v) is 6.41. The number of aromatic nitrogens is 2. The van der Waals surface area contributed by atoms with Crippen LogP contribution in [-0.4, -0.2) is 34.3 Å². The molecule has 3 aromatic rings. The first-order chi connectivity index (χ1) is 11.0. The topological polar surface area (TPSA) is 49.6 Å². The van der Waals surface area contributed by atoms with Crippen molar-refractivity contribution in [2.45, 2.75) is 13.0 Å². The van der Waals surface area contributed by atoms with Crippen LogP contribution < -0.4 is 5.32 Å². The van der Waals surface area contributed by atoms with Crippen LogP contribution >= 0.6 is 11.3 Å². The Bertz CT molecular complexity index is 840. The number of hydrogen-bond donors (Lipinski definition) is 1. The van der Waals surface area contributed by atoms with E-state index in [1.807, 2.05) is 35.0 Å². The van der Waals surface area contributed by atoms with E-state index >= 15 is 0 Å². The molecule has 2 aromatic heterocycles. The van der Waals surface area contributed by atoms with Crippen LogP contribution in [0.15, 0.2) is 36.0 Å². The zero-order valence-electron chi connectivity index (χ0n) is 12.9. The summed E-state index contributed by atoms with van der Waals surface area (Å²) in [5, 5.41) is 4.64. The number of imidazole rings is 1. The lowest BCUT2D eigenvalue weighted by Crippen LogP contribution is -2.16. The fourth-order valence-electron chi connectivity index (χ4n) is 2.36. The molecule has 7 heteroatoms. The molecule has 1 amide bonds. The molecule has 0 aliphatic rings. The standard InChI is InChI=1S/C16H17FN4OS/c1-20(2)9-11-3-4-12(7-14(11)17)19-15(22)8-13-10-23-16-18-5-6-21(13)16/h3-7,10H,8-9H2,1-2H3,(H,19,22). The summed E-state index contributed by atoms with van der Waals surface area (Å²) in [6.07, 6.45) is 3.74. The largest absolute Gasteiger partial charge is 0.326 e. The van der Waals surface area contributed by atoms with Gasteiger partial charge < -0.3 is 10.2 Å². The van der Waals surface area contributed by atoms with Crippen molar-refractivity contribution in [3.63, 3.8) is 0 Å². The molecule has 5 nitrogen and oxygen atoms in total. The van der Waals surface area contributed by atoms with Gasteiger partial charge >= 0.3 is 0 Å². The van der Waals surface area contributed by atoms with Gasteiger partial charge in [0.15, 0.2) is 4.96 Å². The summed E-state index contributed by atoms with van der Waals surface area (Å²) >= 11 is 1.49. The molecule has 0 fully saturated rings. The molecular weight excluding hydrogens is 315 g/mol. The highest BCUT2D eigenvalue weighted by atomic mass is 32.1. The van der Waals surface area contributed by atoms with Gasteiger partial charge in [-0.1, -0.05) is 6.07 Å². The van der Waals surface area contributed by atoms with E-state index < -0.39 is 0 Å². The Labute approximate surface area is 137 Å². The number of rotatable bonds is 5. The predicted molar refractivity (Wildman–Crippen MR) is 89.2 cm³/mol. The lowest BCUT2D eigenvalue weighted by molar-refractivity contribution is -0.115. The molecule has 0 atom stereocenters. The molecule has 120 valence electrons. The summed E-state index contributed by atoms with van der Waals surface area (Å²) in [7, 11) is 3.76. The van der Waals surface area contributed by atoms with Gasteiger partial charge in [0.05, 0.1) is 6.42 Å². The molecule has 1 aromatic carbocycles. The molecular formula is C16H17FN4OS. The van der Waals surface area contributed by atoms with E-state index in [2.05, 4.69) is 10.3 Å². The molecule has 0 aliphatic heterocycles. The number of thiazole rings is 1. The lowest BCUT2D eigenvalue weighted by atomic mass is 10.2. The van der Waals surface area contributed by atoms with Crippen LogP contribution in [0.4, 0.5) is 10.1 Å². The van der Waals surface area contributed by atoms with Crippen LogP contribution in [0.25, 0.3) is 4.96 Å². The number of carbonyl (C=O) groups is 1. The van der Waals surface area contributed by atoms with Gasteiger partial charge in [0, 0.05) is 41.3 Å². The van der Waals surface area contributed by atoms with Crippen LogP contribution in [-0.2, 0) is 17.8 Å². The van der Waals surface area contributed by atoms with E-state index in [-0.39, 0.29) is 18.1 Å². The minimum absolute atomic E-state index is 0.182. The Morgan fingerprint density at radius 1 is 1.43 bits per heavy atom. The van der Waals surface area contributed by atoms with Crippen LogP contribution in [0.5, 0.6) is 0 Å². The van der Waals surface area contributed by atoms with Crippen molar-refractivity contribution in [3.8, 4) is 0 Å². The van der Waals surface area contributed by atoms with Crippen LogP contribution in [0.1, 0.15) is 11.3 Å². The monoisotopic (exact) mass is 332 g/mol. The molecule has 1 N–H and O–H groups in total. The number of amides is 1. The number of benzene rings is 1. The number of halogens is 1. The molecule has 0 radical (unpaired) electrons. The zero-order valence-corrected chi connectivity index (χ0v) is 13.7. The second-order valence-electron chi connectivity index (χ2n) is 5.58. The number of hydrogen-bond acceptors (Lipinski definition) is 4. The van der Waals surface area contributed by atoms with Crippen molar-refractivity contribution in [3.05, 3.63) is 53.0 Å². The van der Waals surface area contributed by atoms with Crippen LogP contribution in [0.2, 0.25) is 0 Å². The number of fused-ring (bicyclic) bond motifs is 1. The number of anilines is 1. The molecule has 0 aliphatic carbocycles. The number of nitrogens with zero attached hydrogens (tertiary/aromatic N) is 3. The Morgan fingerprint density at radius 2 is 2.26 bits per heavy atom. The third-order valence-corrected chi connectivity index (χ3v) is 4.28. The Morgan fingerprint density at radius 3 is 3.00 bits per heavy atom. The predicted octanol–water partition coefficient (Wildman–Crippen LogP) is 2.78. The van der Waals surface area contributed by atoms with Crippen molar-refractivity contribution in [2.75, 3.05) is 19.4 Å². The Hall–Kier alpha value is -2.25. The molecule has 0 unspecified atom stereocenters. The summed E-state index contributed by atoms with van der Waals surface area (Å²) in [6, 6.07) is 4.78. The molecule has 2 heterocycles. The maximum absolute atomic E-state index is 14.0. The molecule has 0 spiro atoms. The van der Waals surface area contributed by atoms with Crippen molar-refractivity contribution in [1.29, 1.82) is 0 Å². The first-order valence-electron chi connectivity index (χ1n) is 7.15. The maximum atomic E-state index is 14.0. The molecule has 23 heavy (non-hydrogen) atoms. The highest BCUT2D eigenvalue weighted by Crippen LogP contribution is 2.18. The fourth-order valence-corrected chi connectivity index (χ4v) is 3.22. The molecule has 0 saturated heterocycles. The average molecular weight is 332 g/mol. The van der Waals surface area contributed by atoms with E-state index in [9.17, 15) is 9.18 Å². The van der Waals surface area contributed by atoms with Gasteiger partial charge in [-0.15, -0.1) is 11.3 Å². The minimum Gasteiger partial charge on any atom is -0.326 e. The fraction of sp³-hybridized carbons (Fsp3) is 0.250. The van der Waals surface area contributed by atoms with Gasteiger partial charge in [0.2, 0.25) is 5.91 Å². The van der Waals surface area contributed by atoms with E-state index in [1.54, 1.807) is 18.3 Å². The van der Waals surface area contributed by atoms with Gasteiger partial charge in [0.1, 0.15) is 5.82 Å². The van der Waals surface area contributed by atoms with Gasteiger partial charge in [-0.05, 0) is 26.2 Å². The molecule has 0 bridgehead atoms. The van der Waals surface area contributed by atoms with E-state index in [1.165, 1.54) is 17.4 Å². The normalized spacial score (nSPS) is 11.3. The van der Waals surface area contributed by atoms with Gasteiger partial charge in [-0.2, -0.15) is 0 Å². The Balaban J connectivity index is 1.68. The average Bonchev–Trinajstić information content (AvgIpc) is 3.06. The van der Waals surface area contributed by atoms with E-state index in [0.717, 1.165) is 10.7 Å². The smallest absolute Gasteiger partial charge is 0.230 e. The highest BCUT2D eigenvalue weighted by Gasteiger charge is 2.11. The van der Waals surface area contributed by atoms with Crippen LogP contribution in [0.3, 0.4) is 0 Å². The third-order valence-electron chi connectivity index (χ3n) is 3.38. The van der Waals surface area contributed by atoms with Crippen molar-refractivity contribution in [1.82, 2.24) is 14.3 Å². The van der Waals surface area contributed by atoms with Gasteiger partial charge in [-0.25, -0.2) is 9.37 Å². The first kappa shape index (κ1) is 15.6. The first-order valence-corrected chi connectivity index (χ1v) is 8.03. The van der Waals surface area contributed by atoms with Crippen molar-refractivity contribution < 1.29 is 9.18 Å². The summed E-state index contributed by atoms with van der Waals surface area (Å²) in [6.45, 7) is 0.521. The van der Waals surface area contributed by atoms with E-state index in [4.69, 9.17) is 0 Å². The number of carbonyl (C=O) groups excluding carboxylic acids is 1. The summed E-state index contributed by atoms with van der Waals surface area (Å²) in [5.74, 6) is -0.498. The van der Waals surface area contributed by atoms with Gasteiger partial charge in [-0.3, -0.25) is 9.20 Å². The minimum atomic E-state index is -0.316. The number of nitrogens with one attached hydrogen (secondary N) is 1.